The van der Waals surface area contributed by atoms with Gasteiger partial charge in [0.05, 0.1) is 18.0 Å². The topological polar surface area (TPSA) is 66.5 Å². The standard InChI is InChI=1S/C21H28N2O3S/c1-6-20(18-11-7-15(2)8-12-18)22-21(24)17(4)23(27(5,25)26)19-13-9-16(3)10-14-19/h7-14,17,20H,6H2,1-5H3,(H,22,24)/t17-,20+/m1/s1. The molecule has 0 bridgehead atoms. The lowest BCUT2D eigenvalue weighted by Crippen LogP contribution is -2.48. The second-order valence-electron chi connectivity index (χ2n) is 6.95. The lowest BCUT2D eigenvalue weighted by Gasteiger charge is -2.30. The van der Waals surface area contributed by atoms with Gasteiger partial charge in [-0.25, -0.2) is 8.42 Å². The fraction of sp³-hybridized carbons (Fsp3) is 0.381. The molecule has 0 radical (unpaired) electrons. The maximum atomic E-state index is 12.9. The first-order valence-electron chi connectivity index (χ1n) is 9.06. The second kappa shape index (κ2) is 8.57. The molecule has 1 amide bonds. The fourth-order valence-electron chi connectivity index (χ4n) is 3.01. The molecule has 0 aliphatic heterocycles. The van der Waals surface area contributed by atoms with Crippen LogP contribution in [-0.4, -0.2) is 26.6 Å². The highest BCUT2D eigenvalue weighted by molar-refractivity contribution is 7.92. The Morgan fingerprint density at radius 3 is 1.93 bits per heavy atom. The number of amides is 1. The molecule has 2 aromatic rings. The number of aryl methyl sites for hydroxylation is 2. The molecule has 0 heterocycles. The Bertz CT molecular complexity index is 875. The van der Waals surface area contributed by atoms with E-state index in [4.69, 9.17) is 0 Å². The Labute approximate surface area is 162 Å². The molecule has 0 aliphatic rings. The molecule has 0 aromatic heterocycles. The van der Waals surface area contributed by atoms with Crippen LogP contribution in [0.1, 0.15) is 43.0 Å². The SMILES string of the molecule is CC[C@H](NC(=O)[C@@H](C)N(c1ccc(C)cc1)S(C)(=O)=O)c1ccc(C)cc1. The molecule has 2 aromatic carbocycles. The van der Waals surface area contributed by atoms with Crippen LogP contribution < -0.4 is 9.62 Å². The first-order valence-corrected chi connectivity index (χ1v) is 10.9. The fourth-order valence-corrected chi connectivity index (χ4v) is 4.19. The van der Waals surface area contributed by atoms with Gasteiger partial charge in [-0.05, 0) is 44.9 Å². The molecule has 0 aliphatic carbocycles. The van der Waals surface area contributed by atoms with E-state index in [2.05, 4.69) is 5.32 Å². The third kappa shape index (κ3) is 5.32. The van der Waals surface area contributed by atoms with E-state index < -0.39 is 16.1 Å². The highest BCUT2D eigenvalue weighted by Gasteiger charge is 2.30. The Hall–Kier alpha value is -2.34. The van der Waals surface area contributed by atoms with Gasteiger partial charge in [0.15, 0.2) is 0 Å². The van der Waals surface area contributed by atoms with Crippen LogP contribution in [0, 0.1) is 13.8 Å². The van der Waals surface area contributed by atoms with Gasteiger partial charge in [0.25, 0.3) is 0 Å². The summed E-state index contributed by atoms with van der Waals surface area (Å²) in [7, 11) is -3.62. The van der Waals surface area contributed by atoms with Gasteiger partial charge in [0.1, 0.15) is 6.04 Å². The minimum atomic E-state index is -3.62. The van der Waals surface area contributed by atoms with Crippen LogP contribution in [0.4, 0.5) is 5.69 Å². The molecule has 2 atom stereocenters. The third-order valence-electron chi connectivity index (χ3n) is 4.58. The number of carbonyl (C=O) groups excluding carboxylic acids is 1. The van der Waals surface area contributed by atoms with Gasteiger partial charge in [-0.2, -0.15) is 0 Å². The molecule has 0 saturated carbocycles. The molecule has 0 fully saturated rings. The van der Waals surface area contributed by atoms with E-state index in [1.807, 2.05) is 57.2 Å². The normalized spacial score (nSPS) is 13.7. The van der Waals surface area contributed by atoms with E-state index >= 15 is 0 Å². The van der Waals surface area contributed by atoms with Crippen molar-refractivity contribution in [2.24, 2.45) is 0 Å². The largest absolute Gasteiger partial charge is 0.347 e. The minimum Gasteiger partial charge on any atom is -0.347 e. The molecule has 27 heavy (non-hydrogen) atoms. The maximum absolute atomic E-state index is 12.9. The molecule has 0 saturated heterocycles. The molecule has 5 nitrogen and oxygen atoms in total. The summed E-state index contributed by atoms with van der Waals surface area (Å²) in [4.78, 5) is 12.9. The van der Waals surface area contributed by atoms with Gasteiger partial charge >= 0.3 is 0 Å². The summed E-state index contributed by atoms with van der Waals surface area (Å²) in [5, 5.41) is 2.99. The number of anilines is 1. The van der Waals surface area contributed by atoms with Crippen LogP contribution in [-0.2, 0) is 14.8 Å². The monoisotopic (exact) mass is 388 g/mol. The summed E-state index contributed by atoms with van der Waals surface area (Å²) in [6.45, 7) is 7.54. The third-order valence-corrected chi connectivity index (χ3v) is 5.82. The highest BCUT2D eigenvalue weighted by Crippen LogP contribution is 2.23. The second-order valence-corrected chi connectivity index (χ2v) is 8.81. The van der Waals surface area contributed by atoms with Crippen LogP contribution in [0.5, 0.6) is 0 Å². The summed E-state index contributed by atoms with van der Waals surface area (Å²) in [5.41, 5.74) is 3.66. The zero-order valence-electron chi connectivity index (χ0n) is 16.6. The maximum Gasteiger partial charge on any atom is 0.244 e. The highest BCUT2D eigenvalue weighted by atomic mass is 32.2. The van der Waals surface area contributed by atoms with Crippen molar-refractivity contribution in [3.63, 3.8) is 0 Å². The number of sulfonamides is 1. The van der Waals surface area contributed by atoms with Gasteiger partial charge in [0.2, 0.25) is 15.9 Å². The zero-order chi connectivity index (χ0) is 20.2. The van der Waals surface area contributed by atoms with Gasteiger partial charge in [0, 0.05) is 0 Å². The van der Waals surface area contributed by atoms with E-state index in [1.54, 1.807) is 19.1 Å². The molecular formula is C21H28N2O3S. The molecule has 6 heteroatoms. The Balaban J connectivity index is 2.26. The average Bonchev–Trinajstić information content (AvgIpc) is 2.61. The molecule has 1 N–H and O–H groups in total. The first-order chi connectivity index (χ1) is 12.6. The van der Waals surface area contributed by atoms with Crippen LogP contribution in [0.3, 0.4) is 0 Å². The molecule has 0 spiro atoms. The summed E-state index contributed by atoms with van der Waals surface area (Å²) in [6, 6.07) is 14.1. The van der Waals surface area contributed by atoms with E-state index in [-0.39, 0.29) is 11.9 Å². The van der Waals surface area contributed by atoms with Crippen molar-refractivity contribution < 1.29 is 13.2 Å². The minimum absolute atomic E-state index is 0.167. The lowest BCUT2D eigenvalue weighted by molar-refractivity contribution is -0.122. The quantitative estimate of drug-likeness (QED) is 0.786. The number of nitrogens with one attached hydrogen (secondary N) is 1. The van der Waals surface area contributed by atoms with Gasteiger partial charge < -0.3 is 5.32 Å². The molecular weight excluding hydrogens is 360 g/mol. The number of hydrogen-bond acceptors (Lipinski definition) is 3. The van der Waals surface area contributed by atoms with Crippen molar-refractivity contribution in [1.29, 1.82) is 0 Å². The van der Waals surface area contributed by atoms with Crippen molar-refractivity contribution in [2.75, 3.05) is 10.6 Å². The summed E-state index contributed by atoms with van der Waals surface area (Å²) in [6.07, 6.45) is 1.83. The molecule has 2 rings (SSSR count). The van der Waals surface area contributed by atoms with Crippen molar-refractivity contribution in [3.8, 4) is 0 Å². The predicted molar refractivity (Wildman–Crippen MR) is 110 cm³/mol. The number of carbonyl (C=O) groups is 1. The van der Waals surface area contributed by atoms with Crippen LogP contribution in [0.25, 0.3) is 0 Å². The van der Waals surface area contributed by atoms with Crippen LogP contribution in [0.15, 0.2) is 48.5 Å². The summed E-state index contributed by atoms with van der Waals surface area (Å²) in [5.74, 6) is -0.326. The van der Waals surface area contributed by atoms with Gasteiger partial charge in [-0.3, -0.25) is 9.10 Å². The van der Waals surface area contributed by atoms with Crippen molar-refractivity contribution >= 4 is 21.6 Å². The molecule has 0 unspecified atom stereocenters. The Kier molecular flexibility index (Phi) is 6.65. The number of hydrogen-bond donors (Lipinski definition) is 1. The van der Waals surface area contributed by atoms with E-state index in [9.17, 15) is 13.2 Å². The average molecular weight is 389 g/mol. The van der Waals surface area contributed by atoms with Crippen LogP contribution in [0.2, 0.25) is 0 Å². The van der Waals surface area contributed by atoms with Crippen molar-refractivity contribution in [2.45, 2.75) is 46.2 Å². The number of benzene rings is 2. The number of rotatable bonds is 7. The summed E-state index contributed by atoms with van der Waals surface area (Å²) >= 11 is 0. The lowest BCUT2D eigenvalue weighted by atomic mass is 10.0. The smallest absolute Gasteiger partial charge is 0.244 e. The van der Waals surface area contributed by atoms with E-state index in [1.165, 1.54) is 4.31 Å². The van der Waals surface area contributed by atoms with Gasteiger partial charge in [-0.15, -0.1) is 0 Å². The van der Waals surface area contributed by atoms with Crippen molar-refractivity contribution in [1.82, 2.24) is 5.32 Å². The predicted octanol–water partition coefficient (Wildman–Crippen LogP) is 3.73. The Morgan fingerprint density at radius 1 is 1.00 bits per heavy atom. The first kappa shape index (κ1) is 21.0. The van der Waals surface area contributed by atoms with E-state index in [0.29, 0.717) is 12.1 Å². The Morgan fingerprint density at radius 2 is 1.48 bits per heavy atom. The number of nitrogens with zero attached hydrogens (tertiary/aromatic N) is 1. The van der Waals surface area contributed by atoms with Crippen LogP contribution >= 0.6 is 0 Å². The van der Waals surface area contributed by atoms with Crippen molar-refractivity contribution in [3.05, 3.63) is 65.2 Å². The van der Waals surface area contributed by atoms with E-state index in [0.717, 1.165) is 22.9 Å². The van der Waals surface area contributed by atoms with Gasteiger partial charge in [-0.1, -0.05) is 54.4 Å². The summed E-state index contributed by atoms with van der Waals surface area (Å²) < 4.78 is 25.9. The molecule has 146 valence electrons. The zero-order valence-corrected chi connectivity index (χ0v) is 17.4.